The number of aromatic nitrogens is 1. The number of carbonyl (C=O) groups is 1. The lowest BCUT2D eigenvalue weighted by Crippen LogP contribution is -2.92. The van der Waals surface area contributed by atoms with Crippen molar-refractivity contribution in [2.75, 3.05) is 19.6 Å². The normalized spacial score (nSPS) is 22.0. The predicted octanol–water partition coefficient (Wildman–Crippen LogP) is 3.82. The van der Waals surface area contributed by atoms with Crippen LogP contribution in [0.25, 0.3) is 10.9 Å². The molecule has 1 saturated heterocycles. The molecule has 29 heavy (non-hydrogen) atoms. The average Bonchev–Trinajstić information content (AvgIpc) is 3.37. The van der Waals surface area contributed by atoms with Crippen molar-refractivity contribution in [3.63, 3.8) is 0 Å². The minimum Gasteiger partial charge on any atom is -0.361 e. The van der Waals surface area contributed by atoms with Crippen LogP contribution in [-0.2, 0) is 4.79 Å². The van der Waals surface area contributed by atoms with Gasteiger partial charge in [0.2, 0.25) is 0 Å². The molecule has 1 fully saturated rings. The van der Waals surface area contributed by atoms with Gasteiger partial charge in [0, 0.05) is 35.1 Å². The molecule has 0 aliphatic carbocycles. The summed E-state index contributed by atoms with van der Waals surface area (Å²) in [5.74, 6) is 1.76. The van der Waals surface area contributed by atoms with Crippen LogP contribution in [-0.4, -0.2) is 41.5 Å². The van der Waals surface area contributed by atoms with Gasteiger partial charge in [-0.3, -0.25) is 4.79 Å². The molecule has 0 unspecified atom stereocenters. The molecule has 3 N–H and O–H groups in total. The number of hydrogen-bond donors (Lipinski definition) is 2. The maximum absolute atomic E-state index is 13.1. The van der Waals surface area contributed by atoms with Gasteiger partial charge in [0.25, 0.3) is 5.91 Å². The number of nitrogens with two attached hydrogens (primary N) is 1. The molecule has 2 aromatic heterocycles. The van der Waals surface area contributed by atoms with E-state index in [2.05, 4.69) is 83.9 Å². The van der Waals surface area contributed by atoms with Crippen molar-refractivity contribution in [2.24, 2.45) is 11.8 Å². The van der Waals surface area contributed by atoms with Gasteiger partial charge in [0.1, 0.15) is 0 Å². The van der Waals surface area contributed by atoms with Gasteiger partial charge in [0.05, 0.1) is 12.5 Å². The number of hydrogen-bond acceptors (Lipinski definition) is 2. The molecule has 3 aromatic rings. The number of likely N-dealkylation sites (tertiary alicyclic amines) is 1. The minimum absolute atomic E-state index is 0.0554. The number of benzene rings is 1. The molecule has 4 rings (SSSR count). The van der Waals surface area contributed by atoms with Crippen LogP contribution in [0.1, 0.15) is 43.6 Å². The van der Waals surface area contributed by atoms with Gasteiger partial charge in [-0.1, -0.05) is 38.1 Å². The molecule has 154 valence electrons. The molecule has 0 radical (unpaired) electrons. The van der Waals surface area contributed by atoms with E-state index in [1.165, 1.54) is 27.8 Å². The highest BCUT2D eigenvalue weighted by Crippen LogP contribution is 2.32. The third-order valence-corrected chi connectivity index (χ3v) is 7.16. The Morgan fingerprint density at radius 3 is 2.69 bits per heavy atom. The number of carbonyl (C=O) groups excluding carboxylic acids is 1. The maximum Gasteiger partial charge on any atom is 0.280 e. The summed E-state index contributed by atoms with van der Waals surface area (Å²) in [5, 5.41) is 5.65. The summed E-state index contributed by atoms with van der Waals surface area (Å²) in [5.41, 5.74) is 2.49. The van der Waals surface area contributed by atoms with Crippen LogP contribution < -0.4 is 5.32 Å². The van der Waals surface area contributed by atoms with Crippen LogP contribution in [0.15, 0.2) is 48.0 Å². The number of thiophene rings is 1. The molecule has 0 spiro atoms. The lowest BCUT2D eigenvalue weighted by Gasteiger charge is -2.35. The largest absolute Gasteiger partial charge is 0.361 e. The average molecular weight is 411 g/mol. The zero-order valence-electron chi connectivity index (χ0n) is 17.6. The maximum atomic E-state index is 13.1. The first-order valence-corrected chi connectivity index (χ1v) is 11.6. The number of quaternary nitrogens is 1. The molecule has 1 aromatic carbocycles. The lowest BCUT2D eigenvalue weighted by molar-refractivity contribution is -0.675. The molecule has 1 amide bonds. The SMILES string of the molecule is C[C@@H]1C[C@H](C)CN(C(=O)[C@@H](C)[NH2+]C[C@@H](c2cccs2)c2c[nH]c3ccccc23)C1. The highest BCUT2D eigenvalue weighted by Gasteiger charge is 2.31. The summed E-state index contributed by atoms with van der Waals surface area (Å²) >= 11 is 1.80. The number of fused-ring (bicyclic) bond motifs is 1. The molecule has 3 heterocycles. The standard InChI is InChI=1S/C24H31N3OS/c1-16-11-17(2)15-27(14-16)24(28)18(3)25-13-21(23-9-6-10-29-23)20-12-26-22-8-5-4-7-19(20)22/h4-10,12,16-18,21,25-26H,11,13-15H2,1-3H3/p+1/t16-,17+,18-,21-/m1/s1. The molecule has 0 bridgehead atoms. The predicted molar refractivity (Wildman–Crippen MR) is 120 cm³/mol. The minimum atomic E-state index is -0.0554. The Balaban J connectivity index is 1.49. The number of rotatable bonds is 6. The number of nitrogens with zero attached hydrogens (tertiary/aromatic N) is 1. The Morgan fingerprint density at radius 2 is 1.97 bits per heavy atom. The second kappa shape index (κ2) is 8.72. The summed E-state index contributed by atoms with van der Waals surface area (Å²) in [6.45, 7) is 9.25. The van der Waals surface area contributed by atoms with Crippen molar-refractivity contribution < 1.29 is 10.1 Å². The van der Waals surface area contributed by atoms with E-state index in [9.17, 15) is 4.79 Å². The molecule has 0 saturated carbocycles. The number of amides is 1. The van der Waals surface area contributed by atoms with Crippen LogP contribution in [0.3, 0.4) is 0 Å². The van der Waals surface area contributed by atoms with Crippen LogP contribution in [0.2, 0.25) is 0 Å². The first-order chi connectivity index (χ1) is 14.0. The molecule has 1 aliphatic rings. The van der Waals surface area contributed by atoms with E-state index in [4.69, 9.17) is 0 Å². The highest BCUT2D eigenvalue weighted by molar-refractivity contribution is 7.10. The van der Waals surface area contributed by atoms with Crippen LogP contribution in [0.4, 0.5) is 0 Å². The van der Waals surface area contributed by atoms with E-state index in [1.807, 2.05) is 0 Å². The summed E-state index contributed by atoms with van der Waals surface area (Å²) in [7, 11) is 0. The summed E-state index contributed by atoms with van der Waals surface area (Å²) < 4.78 is 0. The zero-order chi connectivity index (χ0) is 20.4. The van der Waals surface area contributed by atoms with Crippen molar-refractivity contribution in [2.45, 2.75) is 39.2 Å². The van der Waals surface area contributed by atoms with E-state index in [1.54, 1.807) is 11.3 Å². The Kier molecular flexibility index (Phi) is 6.07. The van der Waals surface area contributed by atoms with E-state index < -0.39 is 0 Å². The first-order valence-electron chi connectivity index (χ1n) is 10.7. The fraction of sp³-hybridized carbons (Fsp3) is 0.458. The van der Waals surface area contributed by atoms with Gasteiger partial charge in [-0.15, -0.1) is 11.3 Å². The Bertz CT molecular complexity index is 938. The van der Waals surface area contributed by atoms with E-state index >= 15 is 0 Å². The fourth-order valence-electron chi connectivity index (χ4n) is 4.84. The Morgan fingerprint density at radius 1 is 1.21 bits per heavy atom. The van der Waals surface area contributed by atoms with Crippen LogP contribution in [0.5, 0.6) is 0 Å². The summed E-state index contributed by atoms with van der Waals surface area (Å²) in [4.78, 5) is 19.9. The first kappa shape index (κ1) is 20.2. The fourth-order valence-corrected chi connectivity index (χ4v) is 5.70. The van der Waals surface area contributed by atoms with Crippen molar-refractivity contribution in [1.82, 2.24) is 9.88 Å². The topological polar surface area (TPSA) is 52.7 Å². The van der Waals surface area contributed by atoms with Gasteiger partial charge < -0.3 is 15.2 Å². The van der Waals surface area contributed by atoms with E-state index in [-0.39, 0.29) is 17.9 Å². The molecular weight excluding hydrogens is 378 g/mol. The second-order valence-electron chi connectivity index (χ2n) is 8.81. The van der Waals surface area contributed by atoms with Crippen molar-refractivity contribution in [3.05, 3.63) is 58.4 Å². The third-order valence-electron chi connectivity index (χ3n) is 6.18. The van der Waals surface area contributed by atoms with E-state index in [0.717, 1.165) is 19.6 Å². The monoisotopic (exact) mass is 410 g/mol. The van der Waals surface area contributed by atoms with Gasteiger partial charge in [-0.25, -0.2) is 0 Å². The highest BCUT2D eigenvalue weighted by atomic mass is 32.1. The second-order valence-corrected chi connectivity index (χ2v) is 9.79. The summed E-state index contributed by atoms with van der Waals surface area (Å²) in [6.07, 6.45) is 3.37. The molecular formula is C24H32N3OS+. The van der Waals surface area contributed by atoms with E-state index in [0.29, 0.717) is 11.8 Å². The quantitative estimate of drug-likeness (QED) is 0.638. The van der Waals surface area contributed by atoms with Gasteiger partial charge in [-0.05, 0) is 48.3 Å². The molecule has 4 atom stereocenters. The van der Waals surface area contributed by atoms with Gasteiger partial charge >= 0.3 is 0 Å². The zero-order valence-corrected chi connectivity index (χ0v) is 18.4. The number of aromatic amines is 1. The smallest absolute Gasteiger partial charge is 0.280 e. The van der Waals surface area contributed by atoms with Crippen LogP contribution >= 0.6 is 11.3 Å². The number of nitrogens with one attached hydrogen (secondary N) is 1. The van der Waals surface area contributed by atoms with Gasteiger partial charge in [-0.2, -0.15) is 0 Å². The Labute approximate surface area is 177 Å². The summed E-state index contributed by atoms with van der Waals surface area (Å²) in [6, 6.07) is 12.8. The van der Waals surface area contributed by atoms with Crippen molar-refractivity contribution >= 4 is 28.1 Å². The molecule has 1 aliphatic heterocycles. The molecule has 5 heteroatoms. The lowest BCUT2D eigenvalue weighted by atomic mass is 9.91. The Hall–Kier alpha value is -2.11. The number of piperidine rings is 1. The third kappa shape index (κ3) is 4.41. The van der Waals surface area contributed by atoms with Gasteiger partial charge in [0.15, 0.2) is 6.04 Å². The van der Waals surface area contributed by atoms with Crippen LogP contribution in [0, 0.1) is 11.8 Å². The number of H-pyrrole nitrogens is 1. The molecule has 4 nitrogen and oxygen atoms in total. The van der Waals surface area contributed by atoms with Crippen molar-refractivity contribution in [1.29, 1.82) is 0 Å². The number of para-hydroxylation sites is 1. The van der Waals surface area contributed by atoms with Crippen molar-refractivity contribution in [3.8, 4) is 0 Å².